The highest BCUT2D eigenvalue weighted by Crippen LogP contribution is 1.83. The van der Waals surface area contributed by atoms with E-state index in [2.05, 4.69) is 4.72 Å². The fourth-order valence-corrected chi connectivity index (χ4v) is 1.25. The number of aliphatic hydroxyl groups excluding tert-OH is 1. The summed E-state index contributed by atoms with van der Waals surface area (Å²) in [7, 11) is -0.447. The zero-order valence-corrected chi connectivity index (χ0v) is 8.47. The maximum absolute atomic E-state index is 10.9. The average molecular weight is 210 g/mol. The minimum atomic E-state index is -3.51. The quantitative estimate of drug-likeness (QED) is 0.549. The number of aliphatic hydroxyl groups is 1. The van der Waals surface area contributed by atoms with Crippen LogP contribution in [0.15, 0.2) is 0 Å². The average Bonchev–Trinajstić information content (AvgIpc) is 2.00. The van der Waals surface area contributed by atoms with Crippen molar-refractivity contribution in [3.63, 3.8) is 0 Å². The largest absolute Gasteiger partial charge is 0.395 e. The number of amides is 1. The van der Waals surface area contributed by atoms with Gasteiger partial charge in [0.1, 0.15) is 0 Å². The lowest BCUT2D eigenvalue weighted by atomic mass is 10.6. The molecular formula is C6H14N2O4S. The van der Waals surface area contributed by atoms with Gasteiger partial charge in [0.05, 0.1) is 18.9 Å². The monoisotopic (exact) mass is 210 g/mol. The number of likely N-dealkylation sites (N-methyl/N-ethyl adjacent to an activating group) is 1. The molecule has 0 fully saturated rings. The van der Waals surface area contributed by atoms with E-state index in [1.807, 2.05) is 0 Å². The van der Waals surface area contributed by atoms with Crippen LogP contribution >= 0.6 is 0 Å². The minimum Gasteiger partial charge on any atom is -0.395 e. The molecule has 1 amide bonds. The highest BCUT2D eigenvalue weighted by molar-refractivity contribution is 7.89. The molecular weight excluding hydrogens is 196 g/mol. The lowest BCUT2D eigenvalue weighted by Crippen LogP contribution is -2.37. The first-order valence-electron chi connectivity index (χ1n) is 3.67. The number of rotatable bonds is 5. The van der Waals surface area contributed by atoms with Gasteiger partial charge in [0.2, 0.25) is 15.9 Å². The molecule has 0 atom stereocenters. The Balaban J connectivity index is 3.96. The molecule has 0 aromatic heterocycles. The van der Waals surface area contributed by atoms with Gasteiger partial charge in [-0.25, -0.2) is 13.1 Å². The van der Waals surface area contributed by atoms with E-state index in [4.69, 9.17) is 5.11 Å². The Morgan fingerprint density at radius 3 is 2.38 bits per heavy atom. The fourth-order valence-electron chi connectivity index (χ4n) is 0.522. The van der Waals surface area contributed by atoms with Crippen molar-refractivity contribution >= 4 is 15.9 Å². The zero-order chi connectivity index (χ0) is 10.5. The molecule has 0 saturated carbocycles. The van der Waals surface area contributed by atoms with Crippen LogP contribution in [-0.4, -0.2) is 57.3 Å². The second kappa shape index (κ2) is 5.15. The van der Waals surface area contributed by atoms with Gasteiger partial charge in [0.15, 0.2) is 0 Å². The molecule has 0 heterocycles. The van der Waals surface area contributed by atoms with E-state index in [1.54, 1.807) is 0 Å². The Kier molecular flexibility index (Phi) is 4.89. The summed E-state index contributed by atoms with van der Waals surface area (Å²) < 4.78 is 23.9. The number of nitrogens with zero attached hydrogens (tertiary/aromatic N) is 1. The van der Waals surface area contributed by atoms with Gasteiger partial charge in [-0.15, -0.1) is 0 Å². The van der Waals surface area contributed by atoms with Crippen LogP contribution in [0.25, 0.3) is 0 Å². The molecule has 0 saturated heterocycles. The predicted octanol–water partition coefficient (Wildman–Crippen LogP) is -2.01. The third kappa shape index (κ3) is 5.56. The Morgan fingerprint density at radius 1 is 1.46 bits per heavy atom. The molecule has 0 aromatic carbocycles. The Morgan fingerprint density at radius 2 is 2.00 bits per heavy atom. The third-order valence-corrected chi connectivity index (χ3v) is 2.61. The number of hydrogen-bond donors (Lipinski definition) is 2. The summed E-state index contributed by atoms with van der Waals surface area (Å²) in [5, 5.41) is 8.36. The van der Waals surface area contributed by atoms with Crippen LogP contribution in [0.3, 0.4) is 0 Å². The first-order chi connectivity index (χ1) is 5.89. The molecule has 78 valence electrons. The molecule has 7 heteroatoms. The Labute approximate surface area is 77.6 Å². The molecule has 0 spiro atoms. The Bertz CT molecular complexity index is 260. The van der Waals surface area contributed by atoms with E-state index in [-0.39, 0.29) is 18.2 Å². The number of carbonyl (C=O) groups excluding carboxylic acids is 1. The molecule has 0 unspecified atom stereocenters. The van der Waals surface area contributed by atoms with E-state index < -0.39 is 16.6 Å². The van der Waals surface area contributed by atoms with Gasteiger partial charge in [-0.1, -0.05) is 0 Å². The van der Waals surface area contributed by atoms with E-state index in [9.17, 15) is 13.2 Å². The molecule has 0 radical (unpaired) electrons. The second-order valence-electron chi connectivity index (χ2n) is 2.65. The molecule has 0 rings (SSSR count). The van der Waals surface area contributed by atoms with Gasteiger partial charge < -0.3 is 10.0 Å². The van der Waals surface area contributed by atoms with Crippen molar-refractivity contribution in [2.24, 2.45) is 0 Å². The SMILES string of the molecule is CN(C)C(=O)CNS(=O)(=O)CCO. The van der Waals surface area contributed by atoms with Gasteiger partial charge in [-0.2, -0.15) is 0 Å². The molecule has 2 N–H and O–H groups in total. The minimum absolute atomic E-state index is 0.269. The standard InChI is InChI=1S/C6H14N2O4S/c1-8(2)6(10)5-7-13(11,12)4-3-9/h7,9H,3-5H2,1-2H3. The third-order valence-electron chi connectivity index (χ3n) is 1.30. The maximum Gasteiger partial charge on any atom is 0.237 e. The number of hydrogen-bond acceptors (Lipinski definition) is 4. The normalized spacial score (nSPS) is 11.3. The van der Waals surface area contributed by atoms with Gasteiger partial charge >= 0.3 is 0 Å². The summed E-state index contributed by atoms with van der Waals surface area (Å²) in [6.07, 6.45) is 0. The lowest BCUT2D eigenvalue weighted by Gasteiger charge is -2.10. The van der Waals surface area contributed by atoms with Crippen LogP contribution in [0.4, 0.5) is 0 Å². The lowest BCUT2D eigenvalue weighted by molar-refractivity contribution is -0.127. The van der Waals surface area contributed by atoms with Crippen molar-refractivity contribution in [2.75, 3.05) is 33.0 Å². The first-order valence-corrected chi connectivity index (χ1v) is 5.32. The summed E-state index contributed by atoms with van der Waals surface area (Å²) in [6.45, 7) is -0.721. The number of nitrogens with one attached hydrogen (secondary N) is 1. The van der Waals surface area contributed by atoms with Crippen LogP contribution in [-0.2, 0) is 14.8 Å². The van der Waals surface area contributed by atoms with Crippen molar-refractivity contribution in [3.8, 4) is 0 Å². The molecule has 0 aliphatic carbocycles. The topological polar surface area (TPSA) is 86.7 Å². The van der Waals surface area contributed by atoms with Crippen molar-refractivity contribution in [1.82, 2.24) is 9.62 Å². The summed E-state index contributed by atoms with van der Waals surface area (Å²) in [5.41, 5.74) is 0. The highest BCUT2D eigenvalue weighted by atomic mass is 32.2. The van der Waals surface area contributed by atoms with Gasteiger partial charge in [0.25, 0.3) is 0 Å². The second-order valence-corrected chi connectivity index (χ2v) is 4.58. The van der Waals surface area contributed by atoms with E-state index in [0.29, 0.717) is 0 Å². The van der Waals surface area contributed by atoms with Crippen molar-refractivity contribution in [3.05, 3.63) is 0 Å². The van der Waals surface area contributed by atoms with Crippen molar-refractivity contribution < 1.29 is 18.3 Å². The van der Waals surface area contributed by atoms with Crippen molar-refractivity contribution in [1.29, 1.82) is 0 Å². The van der Waals surface area contributed by atoms with Crippen LogP contribution in [0.1, 0.15) is 0 Å². The van der Waals surface area contributed by atoms with E-state index in [0.717, 1.165) is 0 Å². The fraction of sp³-hybridized carbons (Fsp3) is 0.833. The van der Waals surface area contributed by atoms with Gasteiger partial charge in [-0.3, -0.25) is 4.79 Å². The molecule has 0 bridgehead atoms. The van der Waals surface area contributed by atoms with Gasteiger partial charge in [-0.05, 0) is 0 Å². The summed E-state index contributed by atoms with van der Waals surface area (Å²) in [5.74, 6) is -0.713. The predicted molar refractivity (Wildman–Crippen MR) is 47.6 cm³/mol. The number of sulfonamides is 1. The summed E-state index contributed by atoms with van der Waals surface area (Å²) in [6, 6.07) is 0. The van der Waals surface area contributed by atoms with Crippen LogP contribution in [0, 0.1) is 0 Å². The summed E-state index contributed by atoms with van der Waals surface area (Å²) in [4.78, 5) is 12.2. The highest BCUT2D eigenvalue weighted by Gasteiger charge is 2.11. The van der Waals surface area contributed by atoms with Crippen LogP contribution in [0.5, 0.6) is 0 Å². The summed E-state index contributed by atoms with van der Waals surface area (Å²) >= 11 is 0. The molecule has 0 aromatic rings. The van der Waals surface area contributed by atoms with E-state index >= 15 is 0 Å². The molecule has 13 heavy (non-hydrogen) atoms. The van der Waals surface area contributed by atoms with Crippen LogP contribution in [0.2, 0.25) is 0 Å². The van der Waals surface area contributed by atoms with Gasteiger partial charge in [0, 0.05) is 14.1 Å². The molecule has 0 aliphatic rings. The molecule has 6 nitrogen and oxygen atoms in total. The maximum atomic E-state index is 10.9. The smallest absolute Gasteiger partial charge is 0.237 e. The van der Waals surface area contributed by atoms with Crippen LogP contribution < -0.4 is 4.72 Å². The van der Waals surface area contributed by atoms with Crippen molar-refractivity contribution in [2.45, 2.75) is 0 Å². The van der Waals surface area contributed by atoms with E-state index in [1.165, 1.54) is 19.0 Å². The zero-order valence-electron chi connectivity index (χ0n) is 7.65. The number of carbonyl (C=O) groups is 1. The first kappa shape index (κ1) is 12.3. The Hall–Kier alpha value is -0.660. The molecule has 0 aliphatic heterocycles.